The minimum Gasteiger partial charge on any atom is -0.480 e. The van der Waals surface area contributed by atoms with Crippen LogP contribution >= 0.6 is 0 Å². The number of carbonyl (C=O) groups excluding carboxylic acids is 1. The molecule has 0 aromatic heterocycles. The number of carboxylic acid groups (broad SMARTS) is 1. The molecule has 1 aromatic carbocycles. The second-order valence-electron chi connectivity index (χ2n) is 4.15. The minimum absolute atomic E-state index is 0.183. The third-order valence-electron chi connectivity index (χ3n) is 2.48. The molecule has 0 fully saturated rings. The number of carboxylic acids is 1. The molecule has 4 nitrogen and oxygen atoms in total. The Bertz CT molecular complexity index is 454. The average Bonchev–Trinajstić information content (AvgIpc) is 2.28. The van der Waals surface area contributed by atoms with Gasteiger partial charge < -0.3 is 10.4 Å². The van der Waals surface area contributed by atoms with E-state index in [1.807, 2.05) is 31.2 Å². The number of aryl methyl sites for hydroxylation is 1. The van der Waals surface area contributed by atoms with Crippen LogP contribution in [0.1, 0.15) is 17.5 Å². The first-order chi connectivity index (χ1) is 8.52. The zero-order valence-electron chi connectivity index (χ0n) is 10.3. The van der Waals surface area contributed by atoms with Crippen molar-refractivity contribution in [1.29, 1.82) is 0 Å². The van der Waals surface area contributed by atoms with Gasteiger partial charge in [0.25, 0.3) is 0 Å². The summed E-state index contributed by atoms with van der Waals surface area (Å²) in [6.07, 6.45) is 1.88. The van der Waals surface area contributed by atoms with Crippen LogP contribution in [0.2, 0.25) is 0 Å². The second kappa shape index (κ2) is 6.59. The Balaban J connectivity index is 2.60. The summed E-state index contributed by atoms with van der Waals surface area (Å²) in [7, 11) is 0. The van der Waals surface area contributed by atoms with Crippen LogP contribution in [0.25, 0.3) is 0 Å². The molecular formula is C14H17NO3. The molecule has 0 radical (unpaired) electrons. The molecule has 4 heteroatoms. The largest absolute Gasteiger partial charge is 0.480 e. The van der Waals surface area contributed by atoms with Gasteiger partial charge in [0.05, 0.1) is 6.42 Å². The van der Waals surface area contributed by atoms with E-state index in [1.165, 1.54) is 6.08 Å². The molecule has 0 spiro atoms. The van der Waals surface area contributed by atoms with Crippen LogP contribution in [-0.4, -0.2) is 23.0 Å². The third-order valence-corrected chi connectivity index (χ3v) is 2.48. The van der Waals surface area contributed by atoms with Gasteiger partial charge in [-0.25, -0.2) is 4.79 Å². The molecule has 1 atom stereocenters. The Morgan fingerprint density at radius 3 is 2.78 bits per heavy atom. The smallest absolute Gasteiger partial charge is 0.326 e. The van der Waals surface area contributed by atoms with Gasteiger partial charge in [-0.3, -0.25) is 4.79 Å². The summed E-state index contributed by atoms with van der Waals surface area (Å²) in [5.74, 6) is -1.35. The van der Waals surface area contributed by atoms with Gasteiger partial charge in [-0.15, -0.1) is 6.58 Å². The van der Waals surface area contributed by atoms with Gasteiger partial charge in [0.1, 0.15) is 6.04 Å². The van der Waals surface area contributed by atoms with Crippen molar-refractivity contribution in [3.8, 4) is 0 Å². The van der Waals surface area contributed by atoms with Crippen LogP contribution in [0.15, 0.2) is 36.9 Å². The van der Waals surface area contributed by atoms with Gasteiger partial charge in [0.2, 0.25) is 5.91 Å². The van der Waals surface area contributed by atoms with Crippen molar-refractivity contribution < 1.29 is 14.7 Å². The Hall–Kier alpha value is -2.10. The molecule has 1 aromatic rings. The minimum atomic E-state index is -1.05. The number of amides is 1. The predicted molar refractivity (Wildman–Crippen MR) is 69.3 cm³/mol. The molecule has 0 aliphatic heterocycles. The molecule has 0 saturated carbocycles. The molecule has 18 heavy (non-hydrogen) atoms. The van der Waals surface area contributed by atoms with Crippen molar-refractivity contribution in [3.63, 3.8) is 0 Å². The summed E-state index contributed by atoms with van der Waals surface area (Å²) < 4.78 is 0. The van der Waals surface area contributed by atoms with Crippen LogP contribution in [0.5, 0.6) is 0 Å². The summed E-state index contributed by atoms with van der Waals surface area (Å²) in [4.78, 5) is 22.6. The SMILES string of the molecule is C=CCC(NC(=O)Cc1cccc(C)c1)C(=O)O. The number of carbonyl (C=O) groups is 2. The fraction of sp³-hybridized carbons (Fsp3) is 0.286. The maximum absolute atomic E-state index is 11.7. The van der Waals surface area contributed by atoms with Gasteiger partial charge in [-0.1, -0.05) is 35.9 Å². The van der Waals surface area contributed by atoms with Gasteiger partial charge >= 0.3 is 5.97 Å². The predicted octanol–water partition coefficient (Wildman–Crippen LogP) is 1.68. The van der Waals surface area contributed by atoms with Crippen molar-refractivity contribution in [1.82, 2.24) is 5.32 Å². The summed E-state index contributed by atoms with van der Waals surface area (Å²) in [5.41, 5.74) is 1.94. The van der Waals surface area contributed by atoms with Gasteiger partial charge in [-0.05, 0) is 18.9 Å². The summed E-state index contributed by atoms with van der Waals surface area (Å²) >= 11 is 0. The van der Waals surface area contributed by atoms with Crippen molar-refractivity contribution in [3.05, 3.63) is 48.0 Å². The summed E-state index contributed by atoms with van der Waals surface area (Å²) in [6, 6.07) is 6.66. The van der Waals surface area contributed by atoms with E-state index in [-0.39, 0.29) is 18.7 Å². The lowest BCUT2D eigenvalue weighted by molar-refractivity contribution is -0.141. The van der Waals surface area contributed by atoms with E-state index in [1.54, 1.807) is 0 Å². The zero-order chi connectivity index (χ0) is 13.5. The number of benzene rings is 1. The molecule has 1 unspecified atom stereocenters. The highest BCUT2D eigenvalue weighted by atomic mass is 16.4. The Kier molecular flexibility index (Phi) is 5.11. The molecule has 96 valence electrons. The highest BCUT2D eigenvalue weighted by molar-refractivity contribution is 5.84. The van der Waals surface area contributed by atoms with E-state index in [2.05, 4.69) is 11.9 Å². The maximum atomic E-state index is 11.7. The Morgan fingerprint density at radius 2 is 2.22 bits per heavy atom. The lowest BCUT2D eigenvalue weighted by Gasteiger charge is -2.12. The highest BCUT2D eigenvalue weighted by Crippen LogP contribution is 2.05. The van der Waals surface area contributed by atoms with Crippen molar-refractivity contribution in [2.75, 3.05) is 0 Å². The van der Waals surface area contributed by atoms with Gasteiger partial charge in [-0.2, -0.15) is 0 Å². The fourth-order valence-corrected chi connectivity index (χ4v) is 1.64. The summed E-state index contributed by atoms with van der Waals surface area (Å²) in [5, 5.41) is 11.4. The Labute approximate surface area is 106 Å². The van der Waals surface area contributed by atoms with E-state index >= 15 is 0 Å². The van der Waals surface area contributed by atoms with Gasteiger partial charge in [0.15, 0.2) is 0 Å². The zero-order valence-corrected chi connectivity index (χ0v) is 10.3. The van der Waals surface area contributed by atoms with Crippen molar-refractivity contribution in [2.45, 2.75) is 25.8 Å². The van der Waals surface area contributed by atoms with Crippen molar-refractivity contribution in [2.24, 2.45) is 0 Å². The number of nitrogens with one attached hydrogen (secondary N) is 1. The van der Waals surface area contributed by atoms with E-state index in [4.69, 9.17) is 5.11 Å². The number of aliphatic carboxylic acids is 1. The average molecular weight is 247 g/mol. The lowest BCUT2D eigenvalue weighted by Crippen LogP contribution is -2.41. The van der Waals surface area contributed by atoms with Crippen LogP contribution in [0.3, 0.4) is 0 Å². The number of hydrogen-bond donors (Lipinski definition) is 2. The van der Waals surface area contributed by atoms with Crippen LogP contribution < -0.4 is 5.32 Å². The van der Waals surface area contributed by atoms with E-state index in [0.717, 1.165) is 11.1 Å². The molecule has 0 heterocycles. The van der Waals surface area contributed by atoms with E-state index < -0.39 is 12.0 Å². The molecule has 0 aliphatic rings. The normalized spacial score (nSPS) is 11.6. The third kappa shape index (κ3) is 4.41. The first kappa shape index (κ1) is 14.0. The molecule has 0 aliphatic carbocycles. The monoisotopic (exact) mass is 247 g/mol. The molecule has 0 bridgehead atoms. The van der Waals surface area contributed by atoms with Crippen LogP contribution in [-0.2, 0) is 16.0 Å². The lowest BCUT2D eigenvalue weighted by atomic mass is 10.1. The maximum Gasteiger partial charge on any atom is 0.326 e. The molecule has 0 saturated heterocycles. The molecule has 1 amide bonds. The topological polar surface area (TPSA) is 66.4 Å². The van der Waals surface area contributed by atoms with E-state index in [9.17, 15) is 9.59 Å². The molecular weight excluding hydrogens is 230 g/mol. The fourth-order valence-electron chi connectivity index (χ4n) is 1.64. The number of hydrogen-bond acceptors (Lipinski definition) is 2. The number of rotatable bonds is 6. The highest BCUT2D eigenvalue weighted by Gasteiger charge is 2.18. The second-order valence-corrected chi connectivity index (χ2v) is 4.15. The van der Waals surface area contributed by atoms with E-state index in [0.29, 0.717) is 0 Å². The van der Waals surface area contributed by atoms with Crippen molar-refractivity contribution >= 4 is 11.9 Å². The van der Waals surface area contributed by atoms with Crippen LogP contribution in [0, 0.1) is 6.92 Å². The first-order valence-electron chi connectivity index (χ1n) is 5.71. The summed E-state index contributed by atoms with van der Waals surface area (Å²) in [6.45, 7) is 5.41. The standard InChI is InChI=1S/C14H17NO3/c1-3-5-12(14(17)18)15-13(16)9-11-7-4-6-10(2)8-11/h3-4,6-8,12H,1,5,9H2,2H3,(H,15,16)(H,17,18). The first-order valence-corrected chi connectivity index (χ1v) is 5.71. The van der Waals surface area contributed by atoms with Crippen LogP contribution in [0.4, 0.5) is 0 Å². The Morgan fingerprint density at radius 1 is 1.50 bits per heavy atom. The quantitative estimate of drug-likeness (QED) is 0.752. The van der Waals surface area contributed by atoms with Gasteiger partial charge in [0, 0.05) is 0 Å². The molecule has 2 N–H and O–H groups in total. The molecule has 1 rings (SSSR count).